The summed E-state index contributed by atoms with van der Waals surface area (Å²) in [5, 5.41) is 0.745. The van der Waals surface area contributed by atoms with E-state index >= 15 is 0 Å². The molecule has 0 radical (unpaired) electrons. The molecule has 24 heavy (non-hydrogen) atoms. The van der Waals surface area contributed by atoms with E-state index in [4.69, 9.17) is 10.5 Å². The number of thiazole rings is 1. The average Bonchev–Trinajstić information content (AvgIpc) is 3.00. The molecule has 3 rings (SSSR count). The summed E-state index contributed by atoms with van der Waals surface area (Å²) in [5.74, 6) is 1.69. The molecule has 0 aliphatic carbocycles. The van der Waals surface area contributed by atoms with E-state index in [1.165, 1.54) is 16.9 Å². The van der Waals surface area contributed by atoms with E-state index in [9.17, 15) is 0 Å². The highest BCUT2D eigenvalue weighted by atomic mass is 32.2. The van der Waals surface area contributed by atoms with Crippen molar-refractivity contribution in [1.29, 1.82) is 0 Å². The van der Waals surface area contributed by atoms with Gasteiger partial charge in [0, 0.05) is 11.3 Å². The largest absolute Gasteiger partial charge is 0.497 e. The van der Waals surface area contributed by atoms with Crippen LogP contribution >= 0.6 is 23.1 Å². The molecule has 0 saturated heterocycles. The van der Waals surface area contributed by atoms with Crippen molar-refractivity contribution in [2.24, 2.45) is 0 Å². The topological polar surface area (TPSA) is 48.1 Å². The number of benzene rings is 2. The molecule has 3 nitrogen and oxygen atoms in total. The van der Waals surface area contributed by atoms with Gasteiger partial charge in [-0.2, -0.15) is 0 Å². The Bertz CT molecular complexity index is 811. The molecule has 0 atom stereocenters. The van der Waals surface area contributed by atoms with Crippen LogP contribution in [0.5, 0.6) is 5.75 Å². The second kappa shape index (κ2) is 8.04. The molecule has 1 heterocycles. The highest BCUT2D eigenvalue weighted by Gasteiger charge is 2.10. The van der Waals surface area contributed by atoms with E-state index in [2.05, 4.69) is 29.3 Å². The number of hydrogen-bond donors (Lipinski definition) is 1. The van der Waals surface area contributed by atoms with Crippen LogP contribution in [0.3, 0.4) is 0 Å². The molecule has 2 N–H and O–H groups in total. The molecule has 0 saturated carbocycles. The van der Waals surface area contributed by atoms with Crippen LogP contribution in [0.4, 0.5) is 5.00 Å². The second-order valence-electron chi connectivity index (χ2n) is 5.05. The molecular formula is C19H18N2OS2. The van der Waals surface area contributed by atoms with Crippen molar-refractivity contribution in [2.45, 2.75) is 4.34 Å². The minimum absolute atomic E-state index is 0.745. The maximum Gasteiger partial charge on any atom is 0.152 e. The third-order valence-electron chi connectivity index (χ3n) is 3.41. The summed E-state index contributed by atoms with van der Waals surface area (Å²) in [7, 11) is 1.66. The molecular weight excluding hydrogens is 336 g/mol. The molecule has 3 aromatic rings. The number of methoxy groups -OCH3 is 1. The second-order valence-corrected chi connectivity index (χ2v) is 7.34. The van der Waals surface area contributed by atoms with Crippen LogP contribution < -0.4 is 10.5 Å². The van der Waals surface area contributed by atoms with Crippen molar-refractivity contribution in [3.63, 3.8) is 0 Å². The number of nitrogens with zero attached hydrogens (tertiary/aromatic N) is 1. The summed E-state index contributed by atoms with van der Waals surface area (Å²) in [6, 6.07) is 18.1. The first-order valence-corrected chi connectivity index (χ1v) is 9.31. The fourth-order valence-corrected chi connectivity index (χ4v) is 3.98. The molecule has 0 spiro atoms. The fraction of sp³-hybridized carbons (Fsp3) is 0.105. The number of rotatable bonds is 6. The zero-order valence-corrected chi connectivity index (χ0v) is 14.9. The van der Waals surface area contributed by atoms with Gasteiger partial charge in [-0.25, -0.2) is 4.98 Å². The number of nitrogens with two attached hydrogens (primary N) is 1. The number of ether oxygens (including phenoxy) is 1. The van der Waals surface area contributed by atoms with Crippen molar-refractivity contribution in [3.05, 3.63) is 66.2 Å². The van der Waals surface area contributed by atoms with Crippen LogP contribution in [0.2, 0.25) is 0 Å². The summed E-state index contributed by atoms with van der Waals surface area (Å²) in [4.78, 5) is 4.66. The van der Waals surface area contributed by atoms with E-state index < -0.39 is 0 Å². The Kier molecular flexibility index (Phi) is 5.56. The van der Waals surface area contributed by atoms with Crippen LogP contribution in [0, 0.1) is 0 Å². The third-order valence-corrected chi connectivity index (χ3v) is 5.39. The van der Waals surface area contributed by atoms with Crippen molar-refractivity contribution in [1.82, 2.24) is 4.98 Å². The van der Waals surface area contributed by atoms with Gasteiger partial charge in [0.2, 0.25) is 0 Å². The normalized spacial score (nSPS) is 11.0. The quantitative estimate of drug-likeness (QED) is 0.618. The van der Waals surface area contributed by atoms with E-state index in [1.807, 2.05) is 42.5 Å². The predicted octanol–water partition coefficient (Wildman–Crippen LogP) is 5.21. The standard InChI is InChI=1S/C19H18N2OS2/c1-22-16-11-9-15(10-12-16)17-18(20)24-19(21-17)23-13-5-8-14-6-3-2-4-7-14/h2-12H,13,20H2,1H3. The lowest BCUT2D eigenvalue weighted by Gasteiger charge is -2.01. The van der Waals surface area contributed by atoms with Gasteiger partial charge in [0.05, 0.1) is 7.11 Å². The minimum atomic E-state index is 0.745. The summed E-state index contributed by atoms with van der Waals surface area (Å²) in [6.45, 7) is 0. The molecule has 0 bridgehead atoms. The highest BCUT2D eigenvalue weighted by Crippen LogP contribution is 2.35. The Balaban J connectivity index is 1.64. The van der Waals surface area contributed by atoms with Gasteiger partial charge in [-0.05, 0) is 29.8 Å². The van der Waals surface area contributed by atoms with Gasteiger partial charge in [0.1, 0.15) is 16.4 Å². The Morgan fingerprint density at radius 1 is 1.12 bits per heavy atom. The van der Waals surface area contributed by atoms with E-state index in [1.54, 1.807) is 18.9 Å². The first-order valence-electron chi connectivity index (χ1n) is 7.51. The monoisotopic (exact) mass is 354 g/mol. The van der Waals surface area contributed by atoms with E-state index in [0.29, 0.717) is 0 Å². The predicted molar refractivity (Wildman–Crippen MR) is 105 cm³/mol. The van der Waals surface area contributed by atoms with Gasteiger partial charge in [0.25, 0.3) is 0 Å². The minimum Gasteiger partial charge on any atom is -0.497 e. The Hall–Kier alpha value is -2.24. The molecule has 0 amide bonds. The molecule has 0 aliphatic heterocycles. The number of aromatic nitrogens is 1. The molecule has 122 valence electrons. The first-order chi connectivity index (χ1) is 11.8. The molecule has 1 aromatic heterocycles. The van der Waals surface area contributed by atoms with E-state index in [-0.39, 0.29) is 0 Å². The van der Waals surface area contributed by atoms with Gasteiger partial charge < -0.3 is 10.5 Å². The van der Waals surface area contributed by atoms with Crippen LogP contribution in [0.1, 0.15) is 5.56 Å². The summed E-state index contributed by atoms with van der Waals surface area (Å²) < 4.78 is 6.16. The molecule has 2 aromatic carbocycles. The smallest absolute Gasteiger partial charge is 0.152 e. The van der Waals surface area contributed by atoms with Crippen LogP contribution in [0.25, 0.3) is 17.3 Å². The Morgan fingerprint density at radius 2 is 1.88 bits per heavy atom. The SMILES string of the molecule is COc1ccc(-c2nc(SCC=Cc3ccccc3)sc2N)cc1. The van der Waals surface area contributed by atoms with Gasteiger partial charge in [-0.1, -0.05) is 65.6 Å². The zero-order valence-electron chi connectivity index (χ0n) is 13.3. The van der Waals surface area contributed by atoms with Crippen LogP contribution in [-0.2, 0) is 0 Å². The molecule has 0 unspecified atom stereocenters. The van der Waals surface area contributed by atoms with Gasteiger partial charge in [-0.15, -0.1) is 0 Å². The zero-order chi connectivity index (χ0) is 16.8. The summed E-state index contributed by atoms with van der Waals surface area (Å²) >= 11 is 3.22. The maximum absolute atomic E-state index is 6.13. The summed E-state index contributed by atoms with van der Waals surface area (Å²) in [6.07, 6.45) is 4.26. The lowest BCUT2D eigenvalue weighted by Crippen LogP contribution is -1.87. The average molecular weight is 355 g/mol. The van der Waals surface area contributed by atoms with Crippen molar-refractivity contribution >= 4 is 34.2 Å². The molecule has 0 fully saturated rings. The van der Waals surface area contributed by atoms with Crippen LogP contribution in [-0.4, -0.2) is 17.8 Å². The van der Waals surface area contributed by atoms with Gasteiger partial charge in [-0.3, -0.25) is 0 Å². The lowest BCUT2D eigenvalue weighted by atomic mass is 10.1. The molecule has 5 heteroatoms. The Morgan fingerprint density at radius 3 is 2.58 bits per heavy atom. The number of nitrogen functional groups attached to an aromatic ring is 1. The van der Waals surface area contributed by atoms with Crippen molar-refractivity contribution < 1.29 is 4.74 Å². The first kappa shape index (κ1) is 16.6. The fourth-order valence-electron chi connectivity index (χ4n) is 2.20. The van der Waals surface area contributed by atoms with Crippen molar-refractivity contribution in [2.75, 3.05) is 18.6 Å². The number of thioether (sulfide) groups is 1. The third kappa shape index (κ3) is 4.19. The van der Waals surface area contributed by atoms with Gasteiger partial charge >= 0.3 is 0 Å². The Labute approximate surface area is 150 Å². The van der Waals surface area contributed by atoms with E-state index in [0.717, 1.165) is 32.1 Å². The lowest BCUT2D eigenvalue weighted by molar-refractivity contribution is 0.415. The number of hydrogen-bond acceptors (Lipinski definition) is 5. The van der Waals surface area contributed by atoms with Gasteiger partial charge in [0.15, 0.2) is 4.34 Å². The summed E-state index contributed by atoms with van der Waals surface area (Å²) in [5.41, 5.74) is 9.19. The van der Waals surface area contributed by atoms with Crippen molar-refractivity contribution in [3.8, 4) is 17.0 Å². The molecule has 0 aliphatic rings. The highest BCUT2D eigenvalue weighted by molar-refractivity contribution is 8.01. The number of anilines is 1. The van der Waals surface area contributed by atoms with Crippen LogP contribution in [0.15, 0.2) is 65.0 Å². The maximum atomic E-state index is 6.13.